The highest BCUT2D eigenvalue weighted by Crippen LogP contribution is 2.40. The summed E-state index contributed by atoms with van der Waals surface area (Å²) in [5, 5.41) is 18.5. The summed E-state index contributed by atoms with van der Waals surface area (Å²) in [6.07, 6.45) is -4.90. The number of halogens is 3. The third-order valence-electron chi connectivity index (χ3n) is 2.94. The van der Waals surface area contributed by atoms with Crippen LogP contribution in [0.25, 0.3) is 11.1 Å². The van der Waals surface area contributed by atoms with Gasteiger partial charge in [-0.05, 0) is 29.3 Å². The molecule has 2 N–H and O–H groups in total. The Hall–Kier alpha value is -2.50. The average molecular weight is 296 g/mol. The molecule has 0 spiro atoms. The van der Waals surface area contributed by atoms with E-state index in [1.165, 1.54) is 36.4 Å². The van der Waals surface area contributed by atoms with Gasteiger partial charge in [0.25, 0.3) is 0 Å². The van der Waals surface area contributed by atoms with Crippen molar-refractivity contribution in [1.29, 1.82) is 0 Å². The lowest BCUT2D eigenvalue weighted by Crippen LogP contribution is -2.07. The molecule has 2 aromatic carbocycles. The minimum absolute atomic E-state index is 0.0401. The number of phenols is 1. The maximum atomic E-state index is 13.0. The number of hydrogen-bond donors (Lipinski definition) is 2. The minimum Gasteiger partial charge on any atom is -0.507 e. The fourth-order valence-corrected chi connectivity index (χ4v) is 2.05. The van der Waals surface area contributed by atoms with Gasteiger partial charge in [-0.25, -0.2) is 0 Å². The number of phenolic OH excluding ortho intramolecular Hbond substituents is 1. The summed E-state index contributed by atoms with van der Waals surface area (Å²) in [7, 11) is 0. The second-order valence-electron chi connectivity index (χ2n) is 4.47. The molecule has 2 aromatic rings. The van der Waals surface area contributed by atoms with Crippen LogP contribution in [0.4, 0.5) is 13.2 Å². The molecule has 21 heavy (non-hydrogen) atoms. The van der Waals surface area contributed by atoms with Crippen LogP contribution < -0.4 is 0 Å². The lowest BCUT2D eigenvalue weighted by Gasteiger charge is -2.14. The first-order chi connectivity index (χ1) is 9.79. The molecule has 0 fully saturated rings. The quantitative estimate of drug-likeness (QED) is 0.908. The molecular formula is C15H11F3O3. The van der Waals surface area contributed by atoms with Gasteiger partial charge in [0.15, 0.2) is 0 Å². The van der Waals surface area contributed by atoms with Gasteiger partial charge in [0.2, 0.25) is 0 Å². The monoisotopic (exact) mass is 296 g/mol. The summed E-state index contributed by atoms with van der Waals surface area (Å²) in [6.45, 7) is 0. The molecule has 0 bridgehead atoms. The molecule has 0 heterocycles. The third-order valence-corrected chi connectivity index (χ3v) is 2.94. The smallest absolute Gasteiger partial charge is 0.417 e. The lowest BCUT2D eigenvalue weighted by molar-refractivity contribution is -0.137. The molecule has 2 rings (SSSR count). The summed E-state index contributed by atoms with van der Waals surface area (Å²) < 4.78 is 39.0. The van der Waals surface area contributed by atoms with Crippen molar-refractivity contribution in [2.75, 3.05) is 0 Å². The standard InChI is InChI=1S/C15H11F3O3/c16-15(17,18)12-4-2-1-3-10(12)11-7-9(8-14(20)21)5-6-13(11)19/h1-7,19H,8H2,(H,20,21). The average Bonchev–Trinajstić information content (AvgIpc) is 2.39. The largest absolute Gasteiger partial charge is 0.507 e. The van der Waals surface area contributed by atoms with Crippen molar-refractivity contribution in [3.8, 4) is 16.9 Å². The van der Waals surface area contributed by atoms with Gasteiger partial charge >= 0.3 is 12.1 Å². The van der Waals surface area contributed by atoms with Crippen LogP contribution in [-0.2, 0) is 17.4 Å². The highest BCUT2D eigenvalue weighted by Gasteiger charge is 2.33. The van der Waals surface area contributed by atoms with Crippen LogP contribution >= 0.6 is 0 Å². The summed E-state index contributed by atoms with van der Waals surface area (Å²) in [5.74, 6) is -1.43. The lowest BCUT2D eigenvalue weighted by atomic mass is 9.96. The normalized spacial score (nSPS) is 11.4. The van der Waals surface area contributed by atoms with Crippen molar-refractivity contribution >= 4 is 5.97 Å². The van der Waals surface area contributed by atoms with Crippen LogP contribution in [0.2, 0.25) is 0 Å². The molecule has 3 nitrogen and oxygen atoms in total. The molecule has 0 saturated carbocycles. The van der Waals surface area contributed by atoms with Gasteiger partial charge in [0.05, 0.1) is 12.0 Å². The summed E-state index contributed by atoms with van der Waals surface area (Å²) in [5.41, 5.74) is -0.795. The Morgan fingerprint density at radius 3 is 2.33 bits per heavy atom. The third kappa shape index (κ3) is 3.34. The number of hydrogen-bond acceptors (Lipinski definition) is 2. The topological polar surface area (TPSA) is 57.5 Å². The van der Waals surface area contributed by atoms with E-state index in [4.69, 9.17) is 5.11 Å². The molecule has 0 unspecified atom stereocenters. The van der Waals surface area contributed by atoms with E-state index >= 15 is 0 Å². The molecule has 110 valence electrons. The van der Waals surface area contributed by atoms with E-state index in [0.717, 1.165) is 6.07 Å². The van der Waals surface area contributed by atoms with Gasteiger partial charge in [-0.3, -0.25) is 4.79 Å². The van der Waals surface area contributed by atoms with Gasteiger partial charge in [-0.15, -0.1) is 0 Å². The molecule has 0 aliphatic carbocycles. The molecule has 0 aromatic heterocycles. The maximum Gasteiger partial charge on any atom is 0.417 e. The number of carboxylic acids is 1. The molecule has 0 aliphatic heterocycles. The molecule has 0 saturated heterocycles. The minimum atomic E-state index is -4.56. The van der Waals surface area contributed by atoms with Crippen molar-refractivity contribution in [2.24, 2.45) is 0 Å². The van der Waals surface area contributed by atoms with Gasteiger partial charge in [0.1, 0.15) is 5.75 Å². The molecule has 0 atom stereocenters. The Morgan fingerprint density at radius 2 is 1.71 bits per heavy atom. The number of aromatic hydroxyl groups is 1. The van der Waals surface area contributed by atoms with E-state index in [0.29, 0.717) is 5.56 Å². The summed E-state index contributed by atoms with van der Waals surface area (Å²) in [6, 6.07) is 8.65. The zero-order valence-electron chi connectivity index (χ0n) is 10.7. The van der Waals surface area contributed by atoms with E-state index in [1.54, 1.807) is 0 Å². The number of carboxylic acid groups (broad SMARTS) is 1. The Morgan fingerprint density at radius 1 is 1.05 bits per heavy atom. The van der Waals surface area contributed by atoms with E-state index in [2.05, 4.69) is 0 Å². The van der Waals surface area contributed by atoms with E-state index in [-0.39, 0.29) is 23.3 Å². The second kappa shape index (κ2) is 5.47. The zero-order valence-corrected chi connectivity index (χ0v) is 10.7. The fourth-order valence-electron chi connectivity index (χ4n) is 2.05. The second-order valence-corrected chi connectivity index (χ2v) is 4.47. The van der Waals surface area contributed by atoms with Crippen LogP contribution in [-0.4, -0.2) is 16.2 Å². The Balaban J connectivity index is 2.59. The van der Waals surface area contributed by atoms with Gasteiger partial charge < -0.3 is 10.2 Å². The van der Waals surface area contributed by atoms with Crippen LogP contribution in [0.5, 0.6) is 5.75 Å². The van der Waals surface area contributed by atoms with Crippen LogP contribution in [0.15, 0.2) is 42.5 Å². The fraction of sp³-hybridized carbons (Fsp3) is 0.133. The highest BCUT2D eigenvalue weighted by atomic mass is 19.4. The molecule has 0 radical (unpaired) electrons. The molecule has 0 aliphatic rings. The van der Waals surface area contributed by atoms with Gasteiger partial charge in [0, 0.05) is 5.56 Å². The predicted molar refractivity (Wildman–Crippen MR) is 69.9 cm³/mol. The Kier molecular flexibility index (Phi) is 3.88. The Labute approximate surface area is 118 Å². The first-order valence-corrected chi connectivity index (χ1v) is 5.99. The number of carbonyl (C=O) groups is 1. The number of alkyl halides is 3. The van der Waals surface area contributed by atoms with Crippen LogP contribution in [0.1, 0.15) is 11.1 Å². The number of aliphatic carboxylic acids is 1. The first-order valence-electron chi connectivity index (χ1n) is 5.99. The van der Waals surface area contributed by atoms with Gasteiger partial charge in [-0.1, -0.05) is 24.3 Å². The predicted octanol–water partition coefficient (Wildman–Crippen LogP) is 3.71. The van der Waals surface area contributed by atoms with Gasteiger partial charge in [-0.2, -0.15) is 13.2 Å². The summed E-state index contributed by atoms with van der Waals surface area (Å²) >= 11 is 0. The van der Waals surface area contributed by atoms with Crippen LogP contribution in [0, 0.1) is 0 Å². The van der Waals surface area contributed by atoms with Crippen molar-refractivity contribution in [2.45, 2.75) is 12.6 Å². The zero-order chi connectivity index (χ0) is 15.6. The van der Waals surface area contributed by atoms with Crippen molar-refractivity contribution in [3.05, 3.63) is 53.6 Å². The van der Waals surface area contributed by atoms with E-state index < -0.39 is 17.7 Å². The maximum absolute atomic E-state index is 13.0. The highest BCUT2D eigenvalue weighted by molar-refractivity contribution is 5.76. The molecule has 0 amide bonds. The van der Waals surface area contributed by atoms with E-state index in [1.807, 2.05) is 0 Å². The Bertz CT molecular complexity index is 678. The van der Waals surface area contributed by atoms with Crippen molar-refractivity contribution in [3.63, 3.8) is 0 Å². The number of benzene rings is 2. The van der Waals surface area contributed by atoms with E-state index in [9.17, 15) is 23.1 Å². The van der Waals surface area contributed by atoms with Crippen LogP contribution in [0.3, 0.4) is 0 Å². The SMILES string of the molecule is O=C(O)Cc1ccc(O)c(-c2ccccc2C(F)(F)F)c1. The number of rotatable bonds is 3. The van der Waals surface area contributed by atoms with Crippen molar-refractivity contribution < 1.29 is 28.2 Å². The summed E-state index contributed by atoms with van der Waals surface area (Å²) in [4.78, 5) is 10.7. The molecular weight excluding hydrogens is 285 g/mol. The molecule has 6 heteroatoms. The van der Waals surface area contributed by atoms with Crippen molar-refractivity contribution in [1.82, 2.24) is 0 Å². The first kappa shape index (κ1) is 14.9.